The number of alkyl halides is 3. The van der Waals surface area contributed by atoms with E-state index in [1.807, 2.05) is 0 Å². The lowest BCUT2D eigenvalue weighted by atomic mass is 10.1. The van der Waals surface area contributed by atoms with Crippen molar-refractivity contribution in [3.05, 3.63) is 91.1 Å². The van der Waals surface area contributed by atoms with Crippen LogP contribution in [-0.4, -0.2) is 19.7 Å². The smallest absolute Gasteiger partial charge is 0.285 e. The van der Waals surface area contributed by atoms with Gasteiger partial charge in [-0.25, -0.2) is 14.1 Å². The first kappa shape index (κ1) is 23.8. The highest BCUT2D eigenvalue weighted by Gasteiger charge is 2.32. The number of hydrogen-bond donors (Lipinski definition) is 0. The summed E-state index contributed by atoms with van der Waals surface area (Å²) in [5, 5.41) is 4.74. The van der Waals surface area contributed by atoms with Crippen LogP contribution in [0.2, 0.25) is 10.0 Å². The van der Waals surface area contributed by atoms with E-state index < -0.39 is 28.8 Å². The van der Waals surface area contributed by atoms with E-state index >= 15 is 4.39 Å². The maximum Gasteiger partial charge on any atom is 0.433 e. The molecule has 3 heterocycles. The topological polar surface area (TPSA) is 60.7 Å². The van der Waals surface area contributed by atoms with Crippen LogP contribution in [-0.2, 0) is 6.18 Å². The number of pyridine rings is 2. The van der Waals surface area contributed by atoms with Crippen molar-refractivity contribution in [2.45, 2.75) is 20.0 Å². The highest BCUT2D eigenvalue weighted by Crippen LogP contribution is 2.29. The van der Waals surface area contributed by atoms with Gasteiger partial charge in [-0.3, -0.25) is 9.78 Å². The largest absolute Gasteiger partial charge is 0.433 e. The Morgan fingerprint density at radius 2 is 1.82 bits per heavy atom. The summed E-state index contributed by atoms with van der Waals surface area (Å²) < 4.78 is 54.7. The zero-order chi connectivity index (χ0) is 24.8. The third kappa shape index (κ3) is 4.53. The molecule has 0 N–H and O–H groups in total. The van der Waals surface area contributed by atoms with Gasteiger partial charge in [0.25, 0.3) is 0 Å². The molecule has 0 fully saturated rings. The zero-order valence-corrected chi connectivity index (χ0v) is 19.1. The van der Waals surface area contributed by atoms with Crippen LogP contribution in [0.4, 0.5) is 17.6 Å². The second-order valence-electron chi connectivity index (χ2n) is 7.41. The number of fused-ring (bicyclic) bond motifs is 1. The molecule has 0 radical (unpaired) electrons. The van der Waals surface area contributed by atoms with Crippen molar-refractivity contribution < 1.29 is 17.6 Å². The van der Waals surface area contributed by atoms with Gasteiger partial charge in [0, 0.05) is 16.9 Å². The highest BCUT2D eigenvalue weighted by molar-refractivity contribution is 6.35. The number of aryl methyl sites for hydroxylation is 2. The minimum absolute atomic E-state index is 0.0101. The Morgan fingerprint density at radius 1 is 1.09 bits per heavy atom. The summed E-state index contributed by atoms with van der Waals surface area (Å²) in [7, 11) is 0. The fourth-order valence-electron chi connectivity index (χ4n) is 3.20. The Labute approximate surface area is 200 Å². The zero-order valence-electron chi connectivity index (χ0n) is 17.6. The van der Waals surface area contributed by atoms with E-state index in [4.69, 9.17) is 23.2 Å². The predicted octanol–water partition coefficient (Wildman–Crippen LogP) is 6.59. The van der Waals surface area contributed by atoms with E-state index in [0.29, 0.717) is 28.0 Å². The Balaban J connectivity index is 1.94. The van der Waals surface area contributed by atoms with E-state index in [1.165, 1.54) is 10.7 Å². The van der Waals surface area contributed by atoms with Crippen LogP contribution in [0.3, 0.4) is 0 Å². The number of halogens is 6. The van der Waals surface area contributed by atoms with Gasteiger partial charge in [0.1, 0.15) is 11.2 Å². The fraction of sp³-hybridized carbons (Fsp3) is 0.130. The first-order chi connectivity index (χ1) is 16.0. The van der Waals surface area contributed by atoms with Crippen LogP contribution in [0.25, 0.3) is 28.6 Å². The second kappa shape index (κ2) is 8.81. The lowest BCUT2D eigenvalue weighted by molar-refractivity contribution is -0.141. The monoisotopic (exact) mass is 508 g/mol. The molecule has 3 aromatic heterocycles. The third-order valence-electron chi connectivity index (χ3n) is 5.04. The second-order valence-corrected chi connectivity index (χ2v) is 8.25. The Bertz CT molecular complexity index is 1510. The van der Waals surface area contributed by atoms with E-state index in [0.717, 1.165) is 23.9 Å². The van der Waals surface area contributed by atoms with Crippen molar-refractivity contribution in [1.82, 2.24) is 19.7 Å². The van der Waals surface area contributed by atoms with Gasteiger partial charge in [0.15, 0.2) is 11.5 Å². The SMILES string of the molecule is Cc1cc2c(nc1C)c(=O)c(/C(F)=C/c1ccc(C(F)(F)F)nc1)nn2-c1ccc(Cl)cc1Cl. The van der Waals surface area contributed by atoms with Crippen molar-refractivity contribution in [1.29, 1.82) is 0 Å². The van der Waals surface area contributed by atoms with E-state index in [1.54, 1.807) is 32.0 Å². The number of benzene rings is 1. The molecule has 34 heavy (non-hydrogen) atoms. The number of hydrogen-bond acceptors (Lipinski definition) is 4. The minimum atomic E-state index is -4.63. The molecule has 0 atom stereocenters. The first-order valence-corrected chi connectivity index (χ1v) is 10.5. The predicted molar refractivity (Wildman–Crippen MR) is 123 cm³/mol. The van der Waals surface area contributed by atoms with E-state index in [-0.39, 0.29) is 16.1 Å². The molecule has 0 saturated heterocycles. The van der Waals surface area contributed by atoms with Crippen LogP contribution >= 0.6 is 23.2 Å². The van der Waals surface area contributed by atoms with Gasteiger partial charge in [0.2, 0.25) is 5.43 Å². The average molecular weight is 509 g/mol. The molecular weight excluding hydrogens is 495 g/mol. The Hall–Kier alpha value is -3.30. The molecule has 174 valence electrons. The molecule has 0 amide bonds. The van der Waals surface area contributed by atoms with E-state index in [9.17, 15) is 18.0 Å². The molecule has 11 heteroatoms. The lowest BCUT2D eigenvalue weighted by Gasteiger charge is -2.14. The highest BCUT2D eigenvalue weighted by atomic mass is 35.5. The maximum absolute atomic E-state index is 15.2. The van der Waals surface area contributed by atoms with Crippen molar-refractivity contribution in [2.24, 2.45) is 0 Å². The molecule has 0 aliphatic heterocycles. The molecule has 4 rings (SSSR count). The molecule has 0 unspecified atom stereocenters. The van der Waals surface area contributed by atoms with Crippen LogP contribution in [0.15, 0.2) is 47.4 Å². The molecule has 5 nitrogen and oxygen atoms in total. The van der Waals surface area contributed by atoms with Crippen LogP contribution in [0, 0.1) is 13.8 Å². The summed E-state index contributed by atoms with van der Waals surface area (Å²) >= 11 is 12.3. The Kier molecular flexibility index (Phi) is 6.18. The van der Waals surface area contributed by atoms with Gasteiger partial charge in [-0.05, 0) is 61.4 Å². The third-order valence-corrected chi connectivity index (χ3v) is 5.58. The van der Waals surface area contributed by atoms with Gasteiger partial charge in [-0.1, -0.05) is 29.3 Å². The molecular formula is C23H14Cl2F4N4O. The number of nitrogens with zero attached hydrogens (tertiary/aromatic N) is 4. The molecule has 0 saturated carbocycles. The normalized spacial score (nSPS) is 12.4. The molecule has 0 aliphatic carbocycles. The average Bonchev–Trinajstić information content (AvgIpc) is 2.76. The van der Waals surface area contributed by atoms with Crippen molar-refractivity contribution in [3.8, 4) is 5.69 Å². The van der Waals surface area contributed by atoms with Crippen LogP contribution in [0.5, 0.6) is 0 Å². The molecule has 0 spiro atoms. The molecule has 4 aromatic rings. The summed E-state index contributed by atoms with van der Waals surface area (Å²) in [6.45, 7) is 3.50. The first-order valence-electron chi connectivity index (χ1n) is 9.73. The Morgan fingerprint density at radius 3 is 2.44 bits per heavy atom. The van der Waals surface area contributed by atoms with Gasteiger partial charge in [-0.2, -0.15) is 18.3 Å². The number of aromatic nitrogens is 4. The quantitative estimate of drug-likeness (QED) is 0.293. The standard InChI is InChI=1S/C23H14Cl2F4N4O/c1-11-7-18-21(31-12(11)2)22(34)20(32-33(18)17-5-4-14(24)9-15(17)25)16(26)8-13-3-6-19(30-10-13)23(27,28)29/h3-10H,1-2H3/b16-8-. The summed E-state index contributed by atoms with van der Waals surface area (Å²) in [5.41, 5.74) is -0.578. The van der Waals surface area contributed by atoms with Gasteiger partial charge < -0.3 is 0 Å². The molecule has 0 aliphatic rings. The fourth-order valence-corrected chi connectivity index (χ4v) is 3.69. The maximum atomic E-state index is 15.2. The summed E-state index contributed by atoms with van der Waals surface area (Å²) in [6, 6.07) is 8.02. The van der Waals surface area contributed by atoms with Crippen molar-refractivity contribution in [3.63, 3.8) is 0 Å². The molecule has 0 bridgehead atoms. The van der Waals surface area contributed by atoms with E-state index in [2.05, 4.69) is 15.1 Å². The van der Waals surface area contributed by atoms with Crippen LogP contribution in [0.1, 0.15) is 28.2 Å². The minimum Gasteiger partial charge on any atom is -0.285 e. The summed E-state index contributed by atoms with van der Waals surface area (Å²) in [4.78, 5) is 20.7. The van der Waals surface area contributed by atoms with Gasteiger partial charge >= 0.3 is 6.18 Å². The van der Waals surface area contributed by atoms with Crippen LogP contribution < -0.4 is 5.43 Å². The van der Waals surface area contributed by atoms with Crippen molar-refractivity contribution in [2.75, 3.05) is 0 Å². The molecule has 1 aromatic carbocycles. The van der Waals surface area contributed by atoms with Crippen molar-refractivity contribution >= 4 is 46.1 Å². The van der Waals surface area contributed by atoms with Gasteiger partial charge in [0.05, 0.1) is 16.2 Å². The summed E-state index contributed by atoms with van der Waals surface area (Å²) in [5.74, 6) is -1.08. The lowest BCUT2D eigenvalue weighted by Crippen LogP contribution is -2.19. The summed E-state index contributed by atoms with van der Waals surface area (Å²) in [6.07, 6.45) is -2.91. The number of rotatable bonds is 3. The van der Waals surface area contributed by atoms with Gasteiger partial charge in [-0.15, -0.1) is 0 Å².